The molecule has 1 N–H and O–H groups in total. The maximum absolute atomic E-state index is 12.9. The van der Waals surface area contributed by atoms with Crippen molar-refractivity contribution in [3.8, 4) is 11.6 Å². The molecule has 1 aromatic carbocycles. The number of morpholine rings is 1. The van der Waals surface area contributed by atoms with E-state index < -0.39 is 0 Å². The van der Waals surface area contributed by atoms with Gasteiger partial charge in [-0.25, -0.2) is 4.98 Å². The number of ether oxygens (including phenoxy) is 2. The van der Waals surface area contributed by atoms with E-state index in [4.69, 9.17) is 9.47 Å². The molecule has 2 aromatic heterocycles. The molecule has 0 aliphatic carbocycles. The first-order valence-corrected chi connectivity index (χ1v) is 9.20. The Morgan fingerprint density at radius 2 is 2.15 bits per heavy atom. The molecule has 1 aliphatic rings. The largest absolute Gasteiger partial charge is 0.437 e. The number of fused-ring (bicyclic) bond motifs is 1. The zero-order valence-electron chi connectivity index (χ0n) is 14.3. The second-order valence-corrected chi connectivity index (χ2v) is 7.08. The molecule has 6 nitrogen and oxygen atoms in total. The number of carbonyl (C=O) groups excluding carboxylic acids is 1. The van der Waals surface area contributed by atoms with Crippen molar-refractivity contribution in [1.82, 2.24) is 14.9 Å². The van der Waals surface area contributed by atoms with Crippen LogP contribution in [-0.4, -0.2) is 47.1 Å². The molecule has 1 amide bonds. The first-order valence-electron chi connectivity index (χ1n) is 8.40. The Balaban J connectivity index is 1.73. The molecule has 3 heterocycles. The van der Waals surface area contributed by atoms with Crippen LogP contribution < -0.4 is 4.74 Å². The molecule has 3 aromatic rings. The summed E-state index contributed by atoms with van der Waals surface area (Å²) in [5.74, 6) is 1.10. The van der Waals surface area contributed by atoms with Gasteiger partial charge in [0.05, 0.1) is 18.8 Å². The molecule has 0 atom stereocenters. The van der Waals surface area contributed by atoms with E-state index in [1.54, 1.807) is 11.1 Å². The highest BCUT2D eigenvalue weighted by molar-refractivity contribution is 9.10. The van der Waals surface area contributed by atoms with Gasteiger partial charge in [0.15, 0.2) is 0 Å². The third-order valence-corrected chi connectivity index (χ3v) is 4.90. The minimum atomic E-state index is -0.0255. The van der Waals surface area contributed by atoms with Crippen molar-refractivity contribution in [2.75, 3.05) is 26.3 Å². The number of aromatic nitrogens is 2. The van der Waals surface area contributed by atoms with Gasteiger partial charge in [-0.2, -0.15) is 0 Å². The molecule has 1 saturated heterocycles. The fourth-order valence-electron chi connectivity index (χ4n) is 3.11. The lowest BCUT2D eigenvalue weighted by Gasteiger charge is -2.27. The van der Waals surface area contributed by atoms with Crippen molar-refractivity contribution in [2.45, 2.75) is 6.92 Å². The van der Waals surface area contributed by atoms with Gasteiger partial charge in [0.2, 0.25) is 5.88 Å². The van der Waals surface area contributed by atoms with Gasteiger partial charge in [-0.05, 0) is 30.7 Å². The van der Waals surface area contributed by atoms with Gasteiger partial charge in [0.25, 0.3) is 5.91 Å². The fourth-order valence-corrected chi connectivity index (χ4v) is 3.49. The standard InChI is InChI=1S/C19H18BrN3O3/c1-12-10-21-17-16(12)15(19(24)23-5-7-25-8-6-23)11-22-18(17)26-14-4-2-3-13(20)9-14/h2-4,9-11,21H,5-8H2,1H3. The number of H-pyrrole nitrogens is 1. The van der Waals surface area contributed by atoms with E-state index >= 15 is 0 Å². The minimum absolute atomic E-state index is 0.0255. The molecule has 0 bridgehead atoms. The van der Waals surface area contributed by atoms with E-state index in [0.717, 1.165) is 20.9 Å². The van der Waals surface area contributed by atoms with Crippen LogP contribution in [0.1, 0.15) is 15.9 Å². The highest BCUT2D eigenvalue weighted by atomic mass is 79.9. The normalized spacial score (nSPS) is 14.6. The molecule has 0 spiro atoms. The summed E-state index contributed by atoms with van der Waals surface area (Å²) < 4.78 is 12.2. The second kappa shape index (κ2) is 7.09. The average Bonchev–Trinajstić information content (AvgIpc) is 3.05. The molecular formula is C19H18BrN3O3. The number of halogens is 1. The molecule has 0 saturated carbocycles. The number of carbonyl (C=O) groups is 1. The number of nitrogens with one attached hydrogen (secondary N) is 1. The van der Waals surface area contributed by atoms with Gasteiger partial charge >= 0.3 is 0 Å². The highest BCUT2D eigenvalue weighted by Crippen LogP contribution is 2.32. The van der Waals surface area contributed by atoms with Crippen LogP contribution in [0.2, 0.25) is 0 Å². The smallest absolute Gasteiger partial charge is 0.256 e. The number of aryl methyl sites for hydroxylation is 1. The van der Waals surface area contributed by atoms with Crippen molar-refractivity contribution in [3.05, 3.63) is 52.3 Å². The second-order valence-electron chi connectivity index (χ2n) is 6.16. The Labute approximate surface area is 159 Å². The number of pyridine rings is 1. The van der Waals surface area contributed by atoms with Gasteiger partial charge in [0, 0.05) is 35.3 Å². The summed E-state index contributed by atoms with van der Waals surface area (Å²) >= 11 is 3.44. The Bertz CT molecular complexity index is 964. The molecule has 26 heavy (non-hydrogen) atoms. The van der Waals surface area contributed by atoms with Crippen LogP contribution in [0.4, 0.5) is 0 Å². The summed E-state index contributed by atoms with van der Waals surface area (Å²) in [6.07, 6.45) is 3.48. The summed E-state index contributed by atoms with van der Waals surface area (Å²) in [6, 6.07) is 7.56. The Hall–Kier alpha value is -2.38. The van der Waals surface area contributed by atoms with Crippen LogP contribution in [0.5, 0.6) is 11.6 Å². The first-order chi connectivity index (χ1) is 12.6. The lowest BCUT2D eigenvalue weighted by molar-refractivity contribution is 0.0304. The van der Waals surface area contributed by atoms with Gasteiger partial charge < -0.3 is 19.4 Å². The van der Waals surface area contributed by atoms with Gasteiger partial charge in [-0.3, -0.25) is 4.79 Å². The number of nitrogens with zero attached hydrogens (tertiary/aromatic N) is 2. The monoisotopic (exact) mass is 415 g/mol. The van der Waals surface area contributed by atoms with E-state index in [0.29, 0.717) is 43.5 Å². The van der Waals surface area contributed by atoms with Crippen LogP contribution >= 0.6 is 15.9 Å². The van der Waals surface area contributed by atoms with Gasteiger partial charge in [-0.15, -0.1) is 0 Å². The zero-order valence-corrected chi connectivity index (χ0v) is 15.9. The maximum Gasteiger partial charge on any atom is 0.256 e. The summed E-state index contributed by atoms with van der Waals surface area (Å²) in [5, 5.41) is 0.849. The summed E-state index contributed by atoms with van der Waals surface area (Å²) in [5.41, 5.74) is 2.29. The Kier molecular flexibility index (Phi) is 4.65. The van der Waals surface area contributed by atoms with Crippen molar-refractivity contribution < 1.29 is 14.3 Å². The Morgan fingerprint density at radius 3 is 2.92 bits per heavy atom. The number of rotatable bonds is 3. The van der Waals surface area contributed by atoms with Gasteiger partial charge in [0.1, 0.15) is 11.3 Å². The van der Waals surface area contributed by atoms with Crippen molar-refractivity contribution in [3.63, 3.8) is 0 Å². The van der Waals surface area contributed by atoms with Crippen LogP contribution in [0.3, 0.4) is 0 Å². The molecule has 0 unspecified atom stereocenters. The quantitative estimate of drug-likeness (QED) is 0.704. The number of amides is 1. The van der Waals surface area contributed by atoms with Crippen LogP contribution in [0, 0.1) is 6.92 Å². The molecule has 134 valence electrons. The molecule has 4 rings (SSSR count). The molecule has 7 heteroatoms. The first kappa shape index (κ1) is 17.1. The number of benzene rings is 1. The lowest BCUT2D eigenvalue weighted by Crippen LogP contribution is -2.40. The van der Waals surface area contributed by atoms with E-state index in [1.165, 1.54) is 0 Å². The molecule has 1 aliphatic heterocycles. The van der Waals surface area contributed by atoms with E-state index in [1.807, 2.05) is 37.4 Å². The Morgan fingerprint density at radius 1 is 1.35 bits per heavy atom. The van der Waals surface area contributed by atoms with Gasteiger partial charge in [-0.1, -0.05) is 22.0 Å². The fraction of sp³-hybridized carbons (Fsp3) is 0.263. The number of hydrogen-bond donors (Lipinski definition) is 1. The van der Waals surface area contributed by atoms with E-state index in [-0.39, 0.29) is 5.91 Å². The third kappa shape index (κ3) is 3.20. The number of hydrogen-bond acceptors (Lipinski definition) is 4. The van der Waals surface area contributed by atoms with Crippen LogP contribution in [0.25, 0.3) is 10.9 Å². The highest BCUT2D eigenvalue weighted by Gasteiger charge is 2.23. The predicted molar refractivity (Wildman–Crippen MR) is 102 cm³/mol. The van der Waals surface area contributed by atoms with E-state index in [2.05, 4.69) is 25.9 Å². The molecular weight excluding hydrogens is 398 g/mol. The summed E-state index contributed by atoms with van der Waals surface area (Å²) in [4.78, 5) is 22.4. The molecule has 0 radical (unpaired) electrons. The minimum Gasteiger partial charge on any atom is -0.437 e. The van der Waals surface area contributed by atoms with Crippen molar-refractivity contribution >= 4 is 32.7 Å². The summed E-state index contributed by atoms with van der Waals surface area (Å²) in [6.45, 7) is 4.30. The average molecular weight is 416 g/mol. The summed E-state index contributed by atoms with van der Waals surface area (Å²) in [7, 11) is 0. The third-order valence-electron chi connectivity index (χ3n) is 4.41. The van der Waals surface area contributed by atoms with Crippen LogP contribution in [0.15, 0.2) is 41.1 Å². The van der Waals surface area contributed by atoms with Crippen molar-refractivity contribution in [1.29, 1.82) is 0 Å². The van der Waals surface area contributed by atoms with Crippen molar-refractivity contribution in [2.24, 2.45) is 0 Å². The molecule has 1 fully saturated rings. The maximum atomic E-state index is 12.9. The van der Waals surface area contributed by atoms with E-state index in [9.17, 15) is 4.79 Å². The number of aromatic amines is 1. The zero-order chi connectivity index (χ0) is 18.1. The lowest BCUT2D eigenvalue weighted by atomic mass is 10.1. The predicted octanol–water partition coefficient (Wildman–Crippen LogP) is 3.90. The van der Waals surface area contributed by atoms with Crippen LogP contribution in [-0.2, 0) is 4.74 Å². The topological polar surface area (TPSA) is 67.5 Å². The SMILES string of the molecule is Cc1c[nH]c2c(Oc3cccc(Br)c3)ncc(C(=O)N3CCOCC3)c12.